The molecule has 20 heavy (non-hydrogen) atoms. The normalized spacial score (nSPS) is 31.8. The van der Waals surface area contributed by atoms with Crippen molar-refractivity contribution in [3.05, 3.63) is 10.4 Å². The van der Waals surface area contributed by atoms with Gasteiger partial charge in [0.25, 0.3) is 0 Å². The van der Waals surface area contributed by atoms with Gasteiger partial charge in [0.2, 0.25) is 0 Å². The molecule has 116 valence electrons. The highest BCUT2D eigenvalue weighted by molar-refractivity contribution is 6.74. The first-order chi connectivity index (χ1) is 9.12. The average molecular weight is 303 g/mol. The molecule has 1 heterocycles. The zero-order chi connectivity index (χ0) is 15.6. The van der Waals surface area contributed by atoms with Crippen molar-refractivity contribution < 1.29 is 19.4 Å². The highest BCUT2D eigenvalue weighted by Gasteiger charge is 2.44. The van der Waals surface area contributed by atoms with Gasteiger partial charge in [0.1, 0.15) is 12.4 Å². The van der Waals surface area contributed by atoms with Crippen LogP contribution in [0, 0.1) is 0 Å². The summed E-state index contributed by atoms with van der Waals surface area (Å²) in [7, 11) is -2.03. The molecule has 0 unspecified atom stereocenters. The summed E-state index contributed by atoms with van der Waals surface area (Å²) in [4.78, 5) is 2.74. The molecule has 0 radical (unpaired) electrons. The Kier molecular flexibility index (Phi) is 5.59. The molecule has 0 amide bonds. The predicted molar refractivity (Wildman–Crippen MR) is 77.6 cm³/mol. The van der Waals surface area contributed by atoms with Crippen molar-refractivity contribution in [2.75, 3.05) is 6.61 Å². The molecule has 0 saturated carbocycles. The van der Waals surface area contributed by atoms with Crippen molar-refractivity contribution in [2.45, 2.75) is 69.9 Å². The van der Waals surface area contributed by atoms with Crippen LogP contribution in [-0.2, 0) is 9.16 Å². The van der Waals surface area contributed by atoms with Gasteiger partial charge in [-0.1, -0.05) is 25.9 Å². The Hall–Kier alpha value is -0.633. The predicted octanol–water partition coefficient (Wildman–Crippen LogP) is 2.16. The van der Waals surface area contributed by atoms with Gasteiger partial charge >= 0.3 is 0 Å². The van der Waals surface area contributed by atoms with E-state index in [9.17, 15) is 10.2 Å². The topological polar surface area (TPSA) is 108 Å². The molecule has 1 fully saturated rings. The summed E-state index contributed by atoms with van der Waals surface area (Å²) in [5.74, 6) is 0. The van der Waals surface area contributed by atoms with Crippen LogP contribution in [0.3, 0.4) is 0 Å². The molecule has 0 spiro atoms. The Morgan fingerprint density at radius 1 is 1.45 bits per heavy atom. The molecular weight excluding hydrogens is 278 g/mol. The molecule has 1 aliphatic rings. The van der Waals surface area contributed by atoms with Gasteiger partial charge in [-0.05, 0) is 23.7 Å². The smallest absolute Gasteiger partial charge is 0.195 e. The Morgan fingerprint density at radius 3 is 2.50 bits per heavy atom. The Labute approximate surface area is 120 Å². The second-order valence-corrected chi connectivity index (χ2v) is 11.4. The van der Waals surface area contributed by atoms with E-state index in [-0.39, 0.29) is 11.6 Å². The van der Waals surface area contributed by atoms with E-state index in [1.54, 1.807) is 0 Å². The van der Waals surface area contributed by atoms with E-state index in [0.29, 0.717) is 6.42 Å². The lowest BCUT2D eigenvalue weighted by atomic mass is 10.00. The van der Waals surface area contributed by atoms with E-state index >= 15 is 0 Å². The molecule has 1 aliphatic heterocycles. The molecule has 0 aromatic rings. The fourth-order valence-corrected chi connectivity index (χ4v) is 2.99. The minimum Gasteiger partial charge on any atom is -0.394 e. The highest BCUT2D eigenvalue weighted by Crippen LogP contribution is 2.39. The molecule has 0 aromatic heterocycles. The lowest BCUT2D eigenvalue weighted by Crippen LogP contribution is -2.53. The maximum absolute atomic E-state index is 9.94. The third-order valence-corrected chi connectivity index (χ3v) is 8.61. The minimum atomic E-state index is -2.03. The van der Waals surface area contributed by atoms with Crippen LogP contribution in [0.15, 0.2) is 5.11 Å². The van der Waals surface area contributed by atoms with Crippen LogP contribution >= 0.6 is 0 Å². The fourth-order valence-electron chi connectivity index (χ4n) is 1.83. The van der Waals surface area contributed by atoms with Crippen molar-refractivity contribution in [1.29, 1.82) is 0 Å². The van der Waals surface area contributed by atoms with Gasteiger partial charge in [-0.15, -0.1) is 0 Å². The van der Waals surface area contributed by atoms with Gasteiger partial charge in [-0.2, -0.15) is 0 Å². The van der Waals surface area contributed by atoms with Crippen molar-refractivity contribution in [1.82, 2.24) is 0 Å². The maximum atomic E-state index is 9.94. The summed E-state index contributed by atoms with van der Waals surface area (Å²) in [6.45, 7) is 10.2. The van der Waals surface area contributed by atoms with Crippen molar-refractivity contribution in [3.63, 3.8) is 0 Å². The van der Waals surface area contributed by atoms with Gasteiger partial charge in [0, 0.05) is 11.3 Å². The Bertz CT molecular complexity index is 379. The molecule has 8 heteroatoms. The number of nitrogens with zero attached hydrogens (tertiary/aromatic N) is 3. The molecule has 0 bridgehead atoms. The Balaban J connectivity index is 2.83. The first kappa shape index (κ1) is 17.4. The van der Waals surface area contributed by atoms with Crippen LogP contribution in [0.5, 0.6) is 0 Å². The van der Waals surface area contributed by atoms with Crippen LogP contribution in [0.4, 0.5) is 0 Å². The van der Waals surface area contributed by atoms with Crippen molar-refractivity contribution in [2.24, 2.45) is 5.11 Å². The maximum Gasteiger partial charge on any atom is 0.195 e. The second-order valence-electron chi connectivity index (χ2n) is 6.66. The van der Waals surface area contributed by atoms with Crippen LogP contribution in [0.25, 0.3) is 10.4 Å². The SMILES string of the molecule is CC(C)(C)[Si](C)(C)O[C@H]1C[C@H](N=[N+]=[N-])[C@H](O)[C@@H](CO)O1. The Morgan fingerprint density at radius 2 is 2.05 bits per heavy atom. The molecule has 4 atom stereocenters. The molecule has 0 aliphatic carbocycles. The first-order valence-electron chi connectivity index (χ1n) is 6.79. The third kappa shape index (κ3) is 3.94. The zero-order valence-corrected chi connectivity index (χ0v) is 13.8. The van der Waals surface area contributed by atoms with Gasteiger partial charge in [0.15, 0.2) is 8.32 Å². The molecular formula is C12H25N3O4Si. The highest BCUT2D eigenvalue weighted by atomic mass is 28.4. The lowest BCUT2D eigenvalue weighted by molar-refractivity contribution is -0.206. The number of ether oxygens (including phenoxy) is 1. The first-order valence-corrected chi connectivity index (χ1v) is 9.69. The second kappa shape index (κ2) is 6.42. The van der Waals surface area contributed by atoms with Gasteiger partial charge in [-0.3, -0.25) is 0 Å². The van der Waals surface area contributed by atoms with E-state index < -0.39 is 32.9 Å². The number of aliphatic hydroxyl groups is 2. The summed E-state index contributed by atoms with van der Waals surface area (Å²) < 4.78 is 11.7. The summed E-state index contributed by atoms with van der Waals surface area (Å²) in [6, 6.07) is -0.638. The van der Waals surface area contributed by atoms with Crippen molar-refractivity contribution >= 4 is 8.32 Å². The zero-order valence-electron chi connectivity index (χ0n) is 12.8. The fraction of sp³-hybridized carbons (Fsp3) is 1.00. The largest absolute Gasteiger partial charge is 0.394 e. The quantitative estimate of drug-likeness (QED) is 0.359. The average Bonchev–Trinajstić information content (AvgIpc) is 2.31. The summed E-state index contributed by atoms with van der Waals surface area (Å²) in [5, 5.41) is 22.8. The van der Waals surface area contributed by atoms with Gasteiger partial charge in [-0.25, -0.2) is 0 Å². The summed E-state index contributed by atoms with van der Waals surface area (Å²) in [5.41, 5.74) is 8.56. The lowest BCUT2D eigenvalue weighted by Gasteiger charge is -2.43. The number of aliphatic hydroxyl groups excluding tert-OH is 2. The van der Waals surface area contributed by atoms with Crippen LogP contribution in [0.2, 0.25) is 18.1 Å². The van der Waals surface area contributed by atoms with Crippen LogP contribution < -0.4 is 0 Å². The van der Waals surface area contributed by atoms with E-state index in [1.165, 1.54) is 0 Å². The van der Waals surface area contributed by atoms with E-state index in [1.807, 2.05) is 0 Å². The number of hydrogen-bond acceptors (Lipinski definition) is 5. The molecule has 1 saturated heterocycles. The van der Waals surface area contributed by atoms with Crippen molar-refractivity contribution in [3.8, 4) is 0 Å². The van der Waals surface area contributed by atoms with E-state index in [0.717, 1.165) is 0 Å². The molecule has 0 aromatic carbocycles. The third-order valence-electron chi connectivity index (χ3n) is 4.15. The van der Waals surface area contributed by atoms with E-state index in [4.69, 9.17) is 14.7 Å². The minimum absolute atomic E-state index is 0.0229. The number of azide groups is 1. The van der Waals surface area contributed by atoms with Crippen LogP contribution in [0.1, 0.15) is 27.2 Å². The monoisotopic (exact) mass is 303 g/mol. The van der Waals surface area contributed by atoms with Gasteiger partial charge in [0.05, 0.1) is 18.8 Å². The standard InChI is InChI=1S/C12H25N3O4Si/c1-12(2,3)20(4,5)19-10-6-8(14-15-13)11(17)9(7-16)18-10/h8-11,16-17H,6-7H2,1-5H3/t8-,9+,10-,11-/m0/s1. The van der Waals surface area contributed by atoms with Crippen LogP contribution in [-0.4, -0.2) is 49.7 Å². The van der Waals surface area contributed by atoms with Gasteiger partial charge < -0.3 is 19.4 Å². The summed E-state index contributed by atoms with van der Waals surface area (Å²) in [6.07, 6.45) is -2.05. The number of rotatable bonds is 4. The molecule has 2 N–H and O–H groups in total. The van der Waals surface area contributed by atoms with E-state index in [2.05, 4.69) is 43.9 Å². The summed E-state index contributed by atoms with van der Waals surface area (Å²) >= 11 is 0. The molecule has 7 nitrogen and oxygen atoms in total. The number of hydrogen-bond donors (Lipinski definition) is 2. The molecule has 1 rings (SSSR count).